The highest BCUT2D eigenvalue weighted by atomic mass is 35.5. The molecule has 0 aliphatic heterocycles. The number of hydrogen-bond acceptors (Lipinski definition) is 3. The summed E-state index contributed by atoms with van der Waals surface area (Å²) >= 11 is 5.85. The lowest BCUT2D eigenvalue weighted by Gasteiger charge is -2.27. The number of carboxylic acid groups (broad SMARTS) is 1. The number of aromatic nitrogens is 1. The van der Waals surface area contributed by atoms with Crippen molar-refractivity contribution in [3.63, 3.8) is 0 Å². The summed E-state index contributed by atoms with van der Waals surface area (Å²) in [5.74, 6) is -1.53. The highest BCUT2D eigenvalue weighted by Crippen LogP contribution is 2.20. The number of aryl methyl sites for hydroxylation is 1. The zero-order valence-electron chi connectivity index (χ0n) is 12.0. The highest BCUT2D eigenvalue weighted by Gasteiger charge is 2.32. The van der Waals surface area contributed by atoms with Crippen molar-refractivity contribution in [1.29, 1.82) is 0 Å². The monoisotopic (exact) mass is 298 g/mol. The van der Waals surface area contributed by atoms with E-state index in [-0.39, 0.29) is 5.15 Å². The highest BCUT2D eigenvalue weighted by molar-refractivity contribution is 6.29. The minimum Gasteiger partial charge on any atom is -0.480 e. The van der Waals surface area contributed by atoms with Crippen molar-refractivity contribution in [2.24, 2.45) is 5.41 Å². The number of rotatable bonds is 4. The predicted molar refractivity (Wildman–Crippen MR) is 77.0 cm³/mol. The van der Waals surface area contributed by atoms with Gasteiger partial charge in [0.15, 0.2) is 0 Å². The summed E-state index contributed by atoms with van der Waals surface area (Å²) in [7, 11) is 0. The summed E-state index contributed by atoms with van der Waals surface area (Å²) in [6.07, 6.45) is 0.641. The van der Waals surface area contributed by atoms with Crippen LogP contribution in [0.1, 0.15) is 43.7 Å². The van der Waals surface area contributed by atoms with E-state index in [0.29, 0.717) is 17.7 Å². The van der Waals surface area contributed by atoms with Crippen molar-refractivity contribution in [2.45, 2.75) is 40.2 Å². The minimum atomic E-state index is -1.07. The lowest BCUT2D eigenvalue weighted by atomic mass is 9.86. The molecule has 1 heterocycles. The summed E-state index contributed by atoms with van der Waals surface area (Å²) in [4.78, 5) is 27.5. The van der Waals surface area contributed by atoms with Gasteiger partial charge in [-0.05, 0) is 24.0 Å². The Balaban J connectivity index is 3.01. The lowest BCUT2D eigenvalue weighted by molar-refractivity contribution is -0.142. The van der Waals surface area contributed by atoms with Crippen molar-refractivity contribution in [3.8, 4) is 0 Å². The van der Waals surface area contributed by atoms with Gasteiger partial charge in [0, 0.05) is 11.3 Å². The SMILES string of the molecule is CCc1cc(C(=O)N[C@H](C(=O)O)C(C)(C)C)cc(Cl)n1. The van der Waals surface area contributed by atoms with Crippen LogP contribution in [0.4, 0.5) is 0 Å². The van der Waals surface area contributed by atoms with Crippen LogP contribution in [0.25, 0.3) is 0 Å². The second-order valence-corrected chi connectivity index (χ2v) is 6.02. The van der Waals surface area contributed by atoms with Crippen molar-refractivity contribution in [1.82, 2.24) is 10.3 Å². The second kappa shape index (κ2) is 6.22. The first-order chi connectivity index (χ1) is 9.15. The fraction of sp³-hybridized carbons (Fsp3) is 0.500. The number of carboxylic acids is 1. The molecule has 2 N–H and O–H groups in total. The fourth-order valence-corrected chi connectivity index (χ4v) is 1.95. The molecule has 0 radical (unpaired) electrons. The molecule has 0 saturated carbocycles. The molecule has 20 heavy (non-hydrogen) atoms. The van der Waals surface area contributed by atoms with Crippen LogP contribution in [-0.2, 0) is 11.2 Å². The molecule has 1 amide bonds. The number of halogens is 1. The largest absolute Gasteiger partial charge is 0.480 e. The Kier molecular flexibility index (Phi) is 5.11. The minimum absolute atomic E-state index is 0.220. The molecule has 0 spiro atoms. The Labute approximate surface area is 123 Å². The van der Waals surface area contributed by atoms with E-state index in [9.17, 15) is 14.7 Å². The first kappa shape index (κ1) is 16.4. The van der Waals surface area contributed by atoms with Crippen LogP contribution in [0.2, 0.25) is 5.15 Å². The third-order valence-corrected chi connectivity index (χ3v) is 3.05. The Morgan fingerprint density at radius 2 is 2.00 bits per heavy atom. The van der Waals surface area contributed by atoms with Crippen LogP contribution in [0.15, 0.2) is 12.1 Å². The predicted octanol–water partition coefficient (Wildman–Crippen LogP) is 2.53. The molecule has 0 unspecified atom stereocenters. The van der Waals surface area contributed by atoms with Crippen LogP contribution in [0.5, 0.6) is 0 Å². The van der Waals surface area contributed by atoms with Crippen LogP contribution in [0, 0.1) is 5.41 Å². The van der Waals surface area contributed by atoms with Crippen LogP contribution in [0.3, 0.4) is 0 Å². The molecule has 0 aromatic carbocycles. The number of amides is 1. The van der Waals surface area contributed by atoms with E-state index in [1.807, 2.05) is 6.92 Å². The van der Waals surface area contributed by atoms with Crippen molar-refractivity contribution >= 4 is 23.5 Å². The van der Waals surface area contributed by atoms with E-state index in [4.69, 9.17) is 11.6 Å². The summed E-state index contributed by atoms with van der Waals surface area (Å²) in [6, 6.07) is 2.06. The van der Waals surface area contributed by atoms with Crippen molar-refractivity contribution in [2.75, 3.05) is 0 Å². The molecule has 1 aromatic heterocycles. The number of hydrogen-bond donors (Lipinski definition) is 2. The van der Waals surface area contributed by atoms with Crippen LogP contribution in [-0.4, -0.2) is 28.0 Å². The number of nitrogens with one attached hydrogen (secondary N) is 1. The van der Waals surface area contributed by atoms with E-state index >= 15 is 0 Å². The van der Waals surface area contributed by atoms with Gasteiger partial charge in [-0.3, -0.25) is 4.79 Å². The zero-order chi connectivity index (χ0) is 15.5. The number of pyridine rings is 1. The van der Waals surface area contributed by atoms with E-state index in [1.54, 1.807) is 26.8 Å². The van der Waals surface area contributed by atoms with Gasteiger partial charge in [-0.25, -0.2) is 9.78 Å². The molecule has 1 aromatic rings. The van der Waals surface area contributed by atoms with Gasteiger partial charge in [-0.1, -0.05) is 39.3 Å². The van der Waals surface area contributed by atoms with Gasteiger partial charge in [0.1, 0.15) is 11.2 Å². The van der Waals surface area contributed by atoms with Crippen LogP contribution >= 0.6 is 11.6 Å². The van der Waals surface area contributed by atoms with Crippen molar-refractivity contribution in [3.05, 3.63) is 28.5 Å². The number of nitrogens with zero attached hydrogens (tertiary/aromatic N) is 1. The molecule has 5 nitrogen and oxygen atoms in total. The van der Waals surface area contributed by atoms with E-state index in [2.05, 4.69) is 10.3 Å². The van der Waals surface area contributed by atoms with Gasteiger partial charge in [0.25, 0.3) is 5.91 Å². The molecule has 6 heteroatoms. The molecule has 0 aliphatic rings. The quantitative estimate of drug-likeness (QED) is 0.837. The van der Waals surface area contributed by atoms with Gasteiger partial charge in [0.05, 0.1) is 0 Å². The smallest absolute Gasteiger partial charge is 0.326 e. The Morgan fingerprint density at radius 3 is 2.45 bits per heavy atom. The Morgan fingerprint density at radius 1 is 1.40 bits per heavy atom. The maximum absolute atomic E-state index is 12.2. The number of carbonyl (C=O) groups is 2. The second-order valence-electron chi connectivity index (χ2n) is 5.63. The topological polar surface area (TPSA) is 79.3 Å². The molecular weight excluding hydrogens is 280 g/mol. The normalized spacial score (nSPS) is 12.8. The lowest BCUT2D eigenvalue weighted by Crippen LogP contribution is -2.49. The fourth-order valence-electron chi connectivity index (χ4n) is 1.73. The van der Waals surface area contributed by atoms with Crippen LogP contribution < -0.4 is 5.32 Å². The molecule has 0 bridgehead atoms. The standard InChI is InChI=1S/C14H19ClN2O3/c1-5-9-6-8(7-10(15)16-9)12(18)17-11(13(19)20)14(2,3)4/h6-7,11H,5H2,1-4H3,(H,17,18)(H,19,20)/t11-/m1/s1. The summed E-state index contributed by atoms with van der Waals surface area (Å²) in [6.45, 7) is 7.16. The average molecular weight is 299 g/mol. The molecule has 0 fully saturated rings. The Bertz CT molecular complexity index is 524. The van der Waals surface area contributed by atoms with Gasteiger partial charge in [-0.2, -0.15) is 0 Å². The summed E-state index contributed by atoms with van der Waals surface area (Å²) in [5, 5.41) is 12.0. The Hall–Kier alpha value is -1.62. The summed E-state index contributed by atoms with van der Waals surface area (Å²) < 4.78 is 0. The summed E-state index contributed by atoms with van der Waals surface area (Å²) in [5.41, 5.74) is 0.411. The molecule has 1 atom stereocenters. The van der Waals surface area contributed by atoms with Gasteiger partial charge in [-0.15, -0.1) is 0 Å². The zero-order valence-corrected chi connectivity index (χ0v) is 12.8. The molecule has 0 saturated heterocycles. The number of aliphatic carboxylic acids is 1. The van der Waals surface area contributed by atoms with Crippen molar-refractivity contribution < 1.29 is 14.7 Å². The van der Waals surface area contributed by atoms with E-state index in [0.717, 1.165) is 0 Å². The number of carbonyl (C=O) groups excluding carboxylic acids is 1. The van der Waals surface area contributed by atoms with Gasteiger partial charge >= 0.3 is 5.97 Å². The molecule has 110 valence electrons. The molecule has 1 rings (SSSR count). The molecule has 0 aliphatic carbocycles. The first-order valence-corrected chi connectivity index (χ1v) is 6.73. The average Bonchev–Trinajstić information content (AvgIpc) is 2.32. The maximum Gasteiger partial charge on any atom is 0.326 e. The molecular formula is C14H19ClN2O3. The third-order valence-electron chi connectivity index (χ3n) is 2.86. The van der Waals surface area contributed by atoms with E-state index < -0.39 is 23.3 Å². The van der Waals surface area contributed by atoms with Gasteiger partial charge in [0.2, 0.25) is 0 Å². The maximum atomic E-state index is 12.2. The first-order valence-electron chi connectivity index (χ1n) is 6.35. The third kappa shape index (κ3) is 4.20. The van der Waals surface area contributed by atoms with Gasteiger partial charge < -0.3 is 10.4 Å². The van der Waals surface area contributed by atoms with E-state index in [1.165, 1.54) is 6.07 Å².